The highest BCUT2D eigenvalue weighted by atomic mass is 19.3. The molecule has 3 N–H and O–H groups in total. The number of nitrogens with two attached hydrogens (primary N) is 1. The maximum atomic E-state index is 13.6. The molecule has 118 valence electrons. The van der Waals surface area contributed by atoms with Crippen LogP contribution in [0.25, 0.3) is 11.0 Å². The number of hydrogen-bond acceptors (Lipinski definition) is 3. The lowest BCUT2D eigenvalue weighted by Gasteiger charge is -2.36. The third-order valence-electron chi connectivity index (χ3n) is 4.26. The monoisotopic (exact) mass is 308 g/mol. The van der Waals surface area contributed by atoms with E-state index in [2.05, 4.69) is 9.97 Å². The second-order valence-corrected chi connectivity index (χ2v) is 5.92. The number of rotatable bonds is 3. The topological polar surface area (TPSA) is 75.0 Å². The molecule has 0 aromatic carbocycles. The molecular weight excluding hydrogens is 290 g/mol. The lowest BCUT2D eigenvalue weighted by atomic mass is 9.95. The average molecular weight is 308 g/mol. The summed E-state index contributed by atoms with van der Waals surface area (Å²) in [6, 6.07) is 3.40. The van der Waals surface area contributed by atoms with Crippen LogP contribution in [0.4, 0.5) is 8.78 Å². The van der Waals surface area contributed by atoms with Crippen LogP contribution >= 0.6 is 0 Å². The number of aromatic nitrogens is 2. The minimum atomic E-state index is -2.60. The number of nitrogens with zero attached hydrogens (tertiary/aromatic N) is 2. The van der Waals surface area contributed by atoms with Crippen molar-refractivity contribution in [2.45, 2.75) is 25.8 Å². The van der Waals surface area contributed by atoms with Crippen LogP contribution in [0.3, 0.4) is 0 Å². The molecule has 1 saturated heterocycles. The van der Waals surface area contributed by atoms with Crippen LogP contribution in [-0.4, -0.2) is 39.8 Å². The fraction of sp³-hybridized carbons (Fsp3) is 0.467. The lowest BCUT2D eigenvalue weighted by Crippen LogP contribution is -2.45. The Morgan fingerprint density at radius 3 is 3.05 bits per heavy atom. The fourth-order valence-electron chi connectivity index (χ4n) is 2.91. The van der Waals surface area contributed by atoms with E-state index in [1.54, 1.807) is 25.3 Å². The number of piperidine rings is 1. The van der Waals surface area contributed by atoms with Gasteiger partial charge in [0, 0.05) is 38.2 Å². The number of primary amides is 1. The average Bonchev–Trinajstić information content (AvgIpc) is 2.91. The molecule has 1 fully saturated rings. The first-order valence-electron chi connectivity index (χ1n) is 7.24. The van der Waals surface area contributed by atoms with Crippen molar-refractivity contribution in [3.8, 4) is 0 Å². The SMILES string of the molecule is C[C@@H]1CN(Cc2cc(C(N)=O)nc3cc[nH]c23)CCC1(F)F. The molecule has 22 heavy (non-hydrogen) atoms. The summed E-state index contributed by atoms with van der Waals surface area (Å²) in [5, 5.41) is 0. The quantitative estimate of drug-likeness (QED) is 0.912. The van der Waals surface area contributed by atoms with E-state index in [-0.39, 0.29) is 12.1 Å². The van der Waals surface area contributed by atoms with Gasteiger partial charge in [0.15, 0.2) is 0 Å². The van der Waals surface area contributed by atoms with E-state index in [1.165, 1.54) is 0 Å². The number of alkyl halides is 2. The fourth-order valence-corrected chi connectivity index (χ4v) is 2.91. The molecule has 2 aromatic rings. The van der Waals surface area contributed by atoms with E-state index >= 15 is 0 Å². The Hall–Kier alpha value is -2.02. The van der Waals surface area contributed by atoms with E-state index in [4.69, 9.17) is 5.73 Å². The summed E-state index contributed by atoms with van der Waals surface area (Å²) < 4.78 is 27.2. The number of carbonyl (C=O) groups is 1. The number of H-pyrrole nitrogens is 1. The second-order valence-electron chi connectivity index (χ2n) is 5.92. The van der Waals surface area contributed by atoms with Crippen LogP contribution in [0.1, 0.15) is 29.4 Å². The lowest BCUT2D eigenvalue weighted by molar-refractivity contribution is -0.100. The van der Waals surface area contributed by atoms with Crippen molar-refractivity contribution >= 4 is 16.9 Å². The zero-order chi connectivity index (χ0) is 15.9. The minimum absolute atomic E-state index is 0.143. The zero-order valence-electron chi connectivity index (χ0n) is 12.3. The molecule has 1 atom stereocenters. The van der Waals surface area contributed by atoms with Crippen molar-refractivity contribution in [2.75, 3.05) is 13.1 Å². The van der Waals surface area contributed by atoms with Gasteiger partial charge in [0.05, 0.1) is 11.0 Å². The summed E-state index contributed by atoms with van der Waals surface area (Å²) in [6.07, 6.45) is 1.59. The Morgan fingerprint density at radius 1 is 1.59 bits per heavy atom. The van der Waals surface area contributed by atoms with Crippen LogP contribution in [0, 0.1) is 5.92 Å². The first-order chi connectivity index (χ1) is 10.4. The molecule has 2 aromatic heterocycles. The number of hydrogen-bond donors (Lipinski definition) is 2. The largest absolute Gasteiger partial charge is 0.364 e. The minimum Gasteiger partial charge on any atom is -0.364 e. The summed E-state index contributed by atoms with van der Waals surface area (Å²) >= 11 is 0. The molecule has 0 radical (unpaired) electrons. The Bertz CT molecular complexity index is 713. The van der Waals surface area contributed by atoms with Gasteiger partial charge in [-0.1, -0.05) is 6.92 Å². The number of nitrogens with one attached hydrogen (secondary N) is 1. The summed E-state index contributed by atoms with van der Waals surface area (Å²) in [5.41, 5.74) is 7.82. The van der Waals surface area contributed by atoms with E-state index in [1.807, 2.05) is 4.90 Å². The zero-order valence-corrected chi connectivity index (χ0v) is 12.3. The van der Waals surface area contributed by atoms with Crippen molar-refractivity contribution in [1.29, 1.82) is 0 Å². The smallest absolute Gasteiger partial charge is 0.267 e. The van der Waals surface area contributed by atoms with Gasteiger partial charge in [-0.25, -0.2) is 13.8 Å². The molecule has 1 amide bonds. The number of amides is 1. The Kier molecular flexibility index (Phi) is 3.60. The predicted molar refractivity (Wildman–Crippen MR) is 78.6 cm³/mol. The highest BCUT2D eigenvalue weighted by molar-refractivity contribution is 5.94. The number of aromatic amines is 1. The molecule has 7 heteroatoms. The van der Waals surface area contributed by atoms with Gasteiger partial charge in [-0.3, -0.25) is 9.69 Å². The molecule has 5 nitrogen and oxygen atoms in total. The summed E-state index contributed by atoms with van der Waals surface area (Å²) in [7, 11) is 0. The predicted octanol–water partition coefficient (Wildman–Crippen LogP) is 2.14. The molecule has 0 unspecified atom stereocenters. The van der Waals surface area contributed by atoms with Gasteiger partial charge in [0.1, 0.15) is 5.69 Å². The summed E-state index contributed by atoms with van der Waals surface area (Å²) in [5.74, 6) is -3.88. The van der Waals surface area contributed by atoms with Gasteiger partial charge in [0.25, 0.3) is 11.8 Å². The number of carbonyl (C=O) groups excluding carboxylic acids is 1. The van der Waals surface area contributed by atoms with Gasteiger partial charge in [0.2, 0.25) is 0 Å². The first kappa shape index (κ1) is 14.9. The second kappa shape index (κ2) is 5.31. The van der Waals surface area contributed by atoms with E-state index in [0.717, 1.165) is 11.1 Å². The molecule has 3 heterocycles. The van der Waals surface area contributed by atoms with Gasteiger partial charge in [-0.2, -0.15) is 0 Å². The van der Waals surface area contributed by atoms with E-state index in [0.29, 0.717) is 25.2 Å². The van der Waals surface area contributed by atoms with Crippen LogP contribution in [0.15, 0.2) is 18.3 Å². The van der Waals surface area contributed by atoms with Crippen molar-refractivity contribution in [3.63, 3.8) is 0 Å². The number of halogens is 2. The molecule has 0 bridgehead atoms. The van der Waals surface area contributed by atoms with Crippen molar-refractivity contribution < 1.29 is 13.6 Å². The standard InChI is InChI=1S/C15H18F2N4O/c1-9-7-21(5-3-15(9,16)17)8-10-6-12(14(18)22)20-11-2-4-19-13(10)11/h2,4,6,9,19H,3,5,7-8H2,1H3,(H2,18,22)/t9-/m1/s1. The number of pyridine rings is 1. The van der Waals surface area contributed by atoms with Gasteiger partial charge >= 0.3 is 0 Å². The Morgan fingerprint density at radius 2 is 2.36 bits per heavy atom. The normalized spacial score (nSPS) is 22.0. The third kappa shape index (κ3) is 2.68. The van der Waals surface area contributed by atoms with Gasteiger partial charge in [-0.05, 0) is 17.7 Å². The molecule has 0 saturated carbocycles. The first-order valence-corrected chi connectivity index (χ1v) is 7.24. The molecule has 1 aliphatic heterocycles. The highest BCUT2D eigenvalue weighted by Crippen LogP contribution is 2.33. The molecule has 0 aliphatic carbocycles. The maximum Gasteiger partial charge on any atom is 0.267 e. The van der Waals surface area contributed by atoms with Crippen molar-refractivity contribution in [2.24, 2.45) is 11.7 Å². The Labute approximate surface area is 126 Å². The molecule has 0 spiro atoms. The summed E-state index contributed by atoms with van der Waals surface area (Å²) in [4.78, 5) is 20.6. The van der Waals surface area contributed by atoms with Crippen molar-refractivity contribution in [3.05, 3.63) is 29.6 Å². The van der Waals surface area contributed by atoms with Crippen LogP contribution in [0.5, 0.6) is 0 Å². The van der Waals surface area contributed by atoms with E-state index < -0.39 is 17.7 Å². The molecule has 3 rings (SSSR count). The molecule has 1 aliphatic rings. The van der Waals surface area contributed by atoms with Crippen LogP contribution in [0.2, 0.25) is 0 Å². The van der Waals surface area contributed by atoms with Crippen LogP contribution < -0.4 is 5.73 Å². The Balaban J connectivity index is 1.87. The summed E-state index contributed by atoms with van der Waals surface area (Å²) in [6.45, 7) is 2.70. The van der Waals surface area contributed by atoms with Gasteiger partial charge in [-0.15, -0.1) is 0 Å². The highest BCUT2D eigenvalue weighted by Gasteiger charge is 2.41. The third-order valence-corrected chi connectivity index (χ3v) is 4.26. The molecular formula is C15H18F2N4O. The van der Waals surface area contributed by atoms with Crippen LogP contribution in [-0.2, 0) is 6.54 Å². The van der Waals surface area contributed by atoms with E-state index in [9.17, 15) is 13.6 Å². The number of fused-ring (bicyclic) bond motifs is 1. The number of likely N-dealkylation sites (tertiary alicyclic amines) is 1. The maximum absolute atomic E-state index is 13.6. The van der Waals surface area contributed by atoms with Gasteiger partial charge < -0.3 is 10.7 Å². The van der Waals surface area contributed by atoms with Crippen molar-refractivity contribution in [1.82, 2.24) is 14.9 Å².